The number of aryl methyl sites for hydroxylation is 1. The molecular weight excluding hydrogens is 232 g/mol. The Morgan fingerprint density at radius 2 is 2.11 bits per heavy atom. The van der Waals surface area contributed by atoms with E-state index in [1.54, 1.807) is 11.8 Å². The third-order valence-electron chi connectivity index (χ3n) is 3.25. The van der Waals surface area contributed by atoms with Crippen LogP contribution in [0.15, 0.2) is 17.2 Å². The van der Waals surface area contributed by atoms with Crippen LogP contribution in [0.25, 0.3) is 0 Å². The Morgan fingerprint density at radius 3 is 2.61 bits per heavy atom. The summed E-state index contributed by atoms with van der Waals surface area (Å²) in [5.74, 6) is 1.28. The van der Waals surface area contributed by atoms with Crippen molar-refractivity contribution >= 4 is 5.91 Å². The summed E-state index contributed by atoms with van der Waals surface area (Å²) in [5.41, 5.74) is 0. The summed E-state index contributed by atoms with van der Waals surface area (Å²) in [4.78, 5) is 19.7. The quantitative estimate of drug-likeness (QED) is 0.741. The average molecular weight is 250 g/mol. The number of carbonyl (C=O) groups excluding carboxylic acids is 1. The number of carbonyl (C=O) groups is 1. The first-order valence-corrected chi connectivity index (χ1v) is 6.07. The number of nitrogens with zero attached hydrogens (tertiary/aromatic N) is 4. The van der Waals surface area contributed by atoms with E-state index in [2.05, 4.69) is 21.6 Å². The Bertz CT molecular complexity index is 435. The largest absolute Gasteiger partial charge is 0.338 e. The molecule has 1 atom stereocenters. The monoisotopic (exact) mass is 250 g/mol. The van der Waals surface area contributed by atoms with Crippen molar-refractivity contribution in [3.63, 3.8) is 0 Å². The van der Waals surface area contributed by atoms with Gasteiger partial charge in [-0.25, -0.2) is 0 Å². The van der Waals surface area contributed by atoms with E-state index in [0.29, 0.717) is 24.8 Å². The van der Waals surface area contributed by atoms with E-state index in [1.165, 1.54) is 6.08 Å². The molecule has 6 nitrogen and oxygen atoms in total. The van der Waals surface area contributed by atoms with Crippen molar-refractivity contribution in [1.82, 2.24) is 19.9 Å². The van der Waals surface area contributed by atoms with Gasteiger partial charge in [-0.1, -0.05) is 11.7 Å². The van der Waals surface area contributed by atoms with Gasteiger partial charge in [-0.3, -0.25) is 9.69 Å². The molecule has 1 aliphatic rings. The van der Waals surface area contributed by atoms with Crippen molar-refractivity contribution in [1.29, 1.82) is 0 Å². The first-order chi connectivity index (χ1) is 8.61. The van der Waals surface area contributed by atoms with Gasteiger partial charge in [-0.05, 0) is 19.9 Å². The first-order valence-electron chi connectivity index (χ1n) is 6.07. The van der Waals surface area contributed by atoms with Crippen molar-refractivity contribution in [3.05, 3.63) is 24.4 Å². The number of piperazine rings is 1. The van der Waals surface area contributed by atoms with Crippen molar-refractivity contribution in [2.24, 2.45) is 0 Å². The highest BCUT2D eigenvalue weighted by Gasteiger charge is 2.26. The molecule has 1 unspecified atom stereocenters. The van der Waals surface area contributed by atoms with E-state index in [9.17, 15) is 4.79 Å². The van der Waals surface area contributed by atoms with Crippen molar-refractivity contribution in [2.75, 3.05) is 26.2 Å². The van der Waals surface area contributed by atoms with Gasteiger partial charge in [0.1, 0.15) is 0 Å². The molecule has 1 saturated heterocycles. The van der Waals surface area contributed by atoms with Gasteiger partial charge in [-0.2, -0.15) is 4.98 Å². The SMILES string of the molecule is C=CC(=O)N1CCN(C(C)c2nc(C)no2)CC1. The Labute approximate surface area is 106 Å². The number of aromatic nitrogens is 2. The second-order valence-corrected chi connectivity index (χ2v) is 4.42. The number of amides is 1. The molecule has 98 valence electrons. The summed E-state index contributed by atoms with van der Waals surface area (Å²) in [5, 5.41) is 3.80. The maximum atomic E-state index is 11.5. The molecule has 2 rings (SSSR count). The topological polar surface area (TPSA) is 62.5 Å². The molecule has 0 spiro atoms. The predicted molar refractivity (Wildman–Crippen MR) is 65.8 cm³/mol. The Kier molecular flexibility index (Phi) is 3.76. The zero-order chi connectivity index (χ0) is 13.1. The van der Waals surface area contributed by atoms with Crippen LogP contribution in [0.3, 0.4) is 0 Å². The van der Waals surface area contributed by atoms with Crippen LogP contribution in [0, 0.1) is 6.92 Å². The van der Waals surface area contributed by atoms with Gasteiger partial charge >= 0.3 is 0 Å². The number of hydrogen-bond donors (Lipinski definition) is 0. The molecule has 0 radical (unpaired) electrons. The van der Waals surface area contributed by atoms with Gasteiger partial charge in [0.05, 0.1) is 6.04 Å². The Hall–Kier alpha value is -1.69. The van der Waals surface area contributed by atoms with Crippen molar-refractivity contribution in [2.45, 2.75) is 19.9 Å². The van der Waals surface area contributed by atoms with Gasteiger partial charge in [0.2, 0.25) is 11.8 Å². The molecule has 1 aromatic rings. The lowest BCUT2D eigenvalue weighted by Crippen LogP contribution is -2.48. The second-order valence-electron chi connectivity index (χ2n) is 4.42. The summed E-state index contributed by atoms with van der Waals surface area (Å²) < 4.78 is 5.18. The second kappa shape index (κ2) is 5.30. The van der Waals surface area contributed by atoms with Crippen LogP contribution >= 0.6 is 0 Å². The summed E-state index contributed by atoms with van der Waals surface area (Å²) in [6.07, 6.45) is 1.36. The van der Waals surface area contributed by atoms with Crippen LogP contribution in [0.1, 0.15) is 24.7 Å². The highest BCUT2D eigenvalue weighted by atomic mass is 16.5. The molecule has 1 aromatic heterocycles. The van der Waals surface area contributed by atoms with E-state index in [0.717, 1.165) is 13.1 Å². The molecule has 1 aliphatic heterocycles. The lowest BCUT2D eigenvalue weighted by Gasteiger charge is -2.36. The lowest BCUT2D eigenvalue weighted by molar-refractivity contribution is -0.128. The predicted octanol–water partition coefficient (Wildman–Crippen LogP) is 0.769. The highest BCUT2D eigenvalue weighted by Crippen LogP contribution is 2.19. The van der Waals surface area contributed by atoms with Crippen molar-refractivity contribution < 1.29 is 9.32 Å². The summed E-state index contributed by atoms with van der Waals surface area (Å²) in [6.45, 7) is 10.4. The molecule has 0 bridgehead atoms. The van der Waals surface area contributed by atoms with Gasteiger partial charge < -0.3 is 9.42 Å². The minimum Gasteiger partial charge on any atom is -0.338 e. The fourth-order valence-corrected chi connectivity index (χ4v) is 2.10. The van der Waals surface area contributed by atoms with Gasteiger partial charge in [0.15, 0.2) is 5.82 Å². The minimum absolute atomic E-state index is 0.00376. The van der Waals surface area contributed by atoms with Gasteiger partial charge in [-0.15, -0.1) is 0 Å². The van der Waals surface area contributed by atoms with Crippen LogP contribution in [0.2, 0.25) is 0 Å². The molecule has 0 aliphatic carbocycles. The van der Waals surface area contributed by atoms with Crippen LogP contribution in [-0.2, 0) is 4.79 Å². The van der Waals surface area contributed by atoms with Crippen LogP contribution in [0.5, 0.6) is 0 Å². The van der Waals surface area contributed by atoms with E-state index in [1.807, 2.05) is 6.92 Å². The van der Waals surface area contributed by atoms with Crippen LogP contribution in [0.4, 0.5) is 0 Å². The van der Waals surface area contributed by atoms with E-state index in [4.69, 9.17) is 4.52 Å². The summed E-state index contributed by atoms with van der Waals surface area (Å²) >= 11 is 0. The first kappa shape index (κ1) is 12.8. The van der Waals surface area contributed by atoms with E-state index in [-0.39, 0.29) is 11.9 Å². The van der Waals surface area contributed by atoms with E-state index < -0.39 is 0 Å². The van der Waals surface area contributed by atoms with Gasteiger partial charge in [0, 0.05) is 26.2 Å². The molecule has 0 saturated carbocycles. The zero-order valence-electron chi connectivity index (χ0n) is 10.8. The van der Waals surface area contributed by atoms with Gasteiger partial charge in [0.25, 0.3) is 0 Å². The molecule has 0 N–H and O–H groups in total. The van der Waals surface area contributed by atoms with E-state index >= 15 is 0 Å². The molecule has 1 amide bonds. The van der Waals surface area contributed by atoms with Crippen LogP contribution < -0.4 is 0 Å². The van der Waals surface area contributed by atoms with Crippen molar-refractivity contribution in [3.8, 4) is 0 Å². The molecule has 6 heteroatoms. The van der Waals surface area contributed by atoms with Crippen LogP contribution in [-0.4, -0.2) is 52.0 Å². The standard InChI is InChI=1S/C12H18N4O2/c1-4-11(17)16-7-5-15(6-8-16)9(2)12-13-10(3)14-18-12/h4,9H,1,5-8H2,2-3H3. The number of hydrogen-bond acceptors (Lipinski definition) is 5. The maximum Gasteiger partial charge on any atom is 0.246 e. The summed E-state index contributed by atoms with van der Waals surface area (Å²) in [6, 6.07) is 0.0900. The molecule has 1 fully saturated rings. The molecule has 2 heterocycles. The third-order valence-corrected chi connectivity index (χ3v) is 3.25. The lowest BCUT2D eigenvalue weighted by atomic mass is 10.2. The molecular formula is C12H18N4O2. The smallest absolute Gasteiger partial charge is 0.246 e. The minimum atomic E-state index is -0.00376. The highest BCUT2D eigenvalue weighted by molar-refractivity contribution is 5.87. The fourth-order valence-electron chi connectivity index (χ4n) is 2.10. The fraction of sp³-hybridized carbons (Fsp3) is 0.583. The third kappa shape index (κ3) is 2.59. The maximum absolute atomic E-state index is 11.5. The number of rotatable bonds is 3. The zero-order valence-corrected chi connectivity index (χ0v) is 10.8. The summed E-state index contributed by atoms with van der Waals surface area (Å²) in [7, 11) is 0. The molecule has 0 aromatic carbocycles. The average Bonchev–Trinajstić information content (AvgIpc) is 2.84. The normalized spacial score (nSPS) is 18.7. The molecule has 18 heavy (non-hydrogen) atoms. The Morgan fingerprint density at radius 1 is 1.44 bits per heavy atom. The Balaban J connectivity index is 1.93.